The molecule has 0 aliphatic rings. The lowest BCUT2D eigenvalue weighted by molar-refractivity contribution is 0.0935. The molecule has 94 valence electrons. The largest absolute Gasteiger partial charge is 0.350 e. The van der Waals surface area contributed by atoms with Crippen molar-refractivity contribution in [3.63, 3.8) is 0 Å². The number of rotatable bonds is 4. The van der Waals surface area contributed by atoms with E-state index >= 15 is 0 Å². The van der Waals surface area contributed by atoms with Crippen LogP contribution in [0.1, 0.15) is 37.6 Å². The Kier molecular flexibility index (Phi) is 5.67. The second-order valence-corrected chi connectivity index (χ2v) is 6.40. The van der Waals surface area contributed by atoms with Gasteiger partial charge in [0.1, 0.15) is 0 Å². The molecule has 0 aliphatic heterocycles. The van der Waals surface area contributed by atoms with Crippen LogP contribution in [0.5, 0.6) is 0 Å². The molecule has 0 unspecified atom stereocenters. The maximum atomic E-state index is 12.0. The Labute approximate surface area is 119 Å². The van der Waals surface area contributed by atoms with Crippen molar-refractivity contribution in [2.24, 2.45) is 5.92 Å². The maximum Gasteiger partial charge on any atom is 0.252 e. The van der Waals surface area contributed by atoms with E-state index in [4.69, 9.17) is 0 Å². The lowest BCUT2D eigenvalue weighted by Crippen LogP contribution is -2.33. The Morgan fingerprint density at radius 3 is 2.47 bits per heavy atom. The van der Waals surface area contributed by atoms with Crippen molar-refractivity contribution in [2.45, 2.75) is 33.2 Å². The molecule has 1 amide bonds. The lowest BCUT2D eigenvalue weighted by atomic mass is 10.0. The van der Waals surface area contributed by atoms with Gasteiger partial charge in [-0.05, 0) is 53.4 Å². The van der Waals surface area contributed by atoms with Gasteiger partial charge in [0, 0.05) is 15.0 Å². The molecule has 1 atom stereocenters. The topological polar surface area (TPSA) is 29.1 Å². The highest BCUT2D eigenvalue weighted by atomic mass is 79.9. The average Bonchev–Trinajstić information content (AvgIpc) is 2.15. The number of amides is 1. The molecule has 0 heterocycles. The normalized spacial score (nSPS) is 12.6. The summed E-state index contributed by atoms with van der Waals surface area (Å²) < 4.78 is 1.76. The standard InChI is InChI=1S/C13H17Br2NO/c1-8(2)6-9(3)16-13(17)11-5-4-10(14)7-12(11)15/h4-5,7-9H,6H2,1-3H3,(H,16,17)/t9-/m1/s1. The summed E-state index contributed by atoms with van der Waals surface area (Å²) in [6, 6.07) is 5.75. The van der Waals surface area contributed by atoms with Crippen molar-refractivity contribution in [1.29, 1.82) is 0 Å². The van der Waals surface area contributed by atoms with Gasteiger partial charge in [-0.25, -0.2) is 0 Å². The third-order valence-electron chi connectivity index (χ3n) is 2.38. The first-order chi connectivity index (χ1) is 7.90. The van der Waals surface area contributed by atoms with Crippen LogP contribution in [-0.4, -0.2) is 11.9 Å². The van der Waals surface area contributed by atoms with Gasteiger partial charge in [-0.2, -0.15) is 0 Å². The smallest absolute Gasteiger partial charge is 0.252 e. The predicted molar refractivity (Wildman–Crippen MR) is 78.2 cm³/mol. The van der Waals surface area contributed by atoms with Crippen LogP contribution >= 0.6 is 31.9 Å². The molecule has 0 bridgehead atoms. The van der Waals surface area contributed by atoms with E-state index in [2.05, 4.69) is 51.0 Å². The third kappa shape index (κ3) is 4.80. The summed E-state index contributed by atoms with van der Waals surface area (Å²) in [6.45, 7) is 6.33. The summed E-state index contributed by atoms with van der Waals surface area (Å²) >= 11 is 6.76. The molecule has 0 fully saturated rings. The van der Waals surface area contributed by atoms with E-state index < -0.39 is 0 Å². The van der Waals surface area contributed by atoms with E-state index in [9.17, 15) is 4.79 Å². The summed E-state index contributed by atoms with van der Waals surface area (Å²) in [6.07, 6.45) is 0.986. The number of carbonyl (C=O) groups excluding carboxylic acids is 1. The fraction of sp³-hybridized carbons (Fsp3) is 0.462. The molecule has 1 N–H and O–H groups in total. The molecule has 0 saturated heterocycles. The number of benzene rings is 1. The van der Waals surface area contributed by atoms with Gasteiger partial charge in [0.05, 0.1) is 5.56 Å². The van der Waals surface area contributed by atoms with Crippen LogP contribution in [0.15, 0.2) is 27.1 Å². The molecular weight excluding hydrogens is 346 g/mol. The number of halogens is 2. The van der Waals surface area contributed by atoms with Crippen molar-refractivity contribution in [3.05, 3.63) is 32.7 Å². The number of hydrogen-bond acceptors (Lipinski definition) is 1. The van der Waals surface area contributed by atoms with E-state index in [0.717, 1.165) is 15.4 Å². The Hall–Kier alpha value is -0.350. The molecule has 17 heavy (non-hydrogen) atoms. The lowest BCUT2D eigenvalue weighted by Gasteiger charge is -2.16. The first-order valence-corrected chi connectivity index (χ1v) is 7.24. The zero-order valence-corrected chi connectivity index (χ0v) is 13.4. The number of nitrogens with one attached hydrogen (secondary N) is 1. The van der Waals surface area contributed by atoms with Gasteiger partial charge in [-0.3, -0.25) is 4.79 Å². The van der Waals surface area contributed by atoms with Crippen molar-refractivity contribution in [3.8, 4) is 0 Å². The van der Waals surface area contributed by atoms with E-state index in [-0.39, 0.29) is 11.9 Å². The maximum absolute atomic E-state index is 12.0. The minimum absolute atomic E-state index is 0.0301. The Morgan fingerprint density at radius 1 is 1.29 bits per heavy atom. The Morgan fingerprint density at radius 2 is 1.94 bits per heavy atom. The van der Waals surface area contributed by atoms with Gasteiger partial charge >= 0.3 is 0 Å². The zero-order valence-electron chi connectivity index (χ0n) is 10.3. The number of hydrogen-bond donors (Lipinski definition) is 1. The van der Waals surface area contributed by atoms with Crippen LogP contribution < -0.4 is 5.32 Å². The zero-order chi connectivity index (χ0) is 13.0. The van der Waals surface area contributed by atoms with E-state index in [1.807, 2.05) is 25.1 Å². The van der Waals surface area contributed by atoms with Gasteiger partial charge in [0.2, 0.25) is 0 Å². The summed E-state index contributed by atoms with van der Waals surface area (Å²) in [5, 5.41) is 3.00. The molecule has 0 aliphatic carbocycles. The Bertz CT molecular complexity index is 404. The SMILES string of the molecule is CC(C)C[C@@H](C)NC(=O)c1ccc(Br)cc1Br. The van der Waals surface area contributed by atoms with Gasteiger partial charge in [-0.1, -0.05) is 29.8 Å². The second-order valence-electron chi connectivity index (χ2n) is 4.63. The quantitative estimate of drug-likeness (QED) is 0.846. The highest BCUT2D eigenvalue weighted by Crippen LogP contribution is 2.22. The van der Waals surface area contributed by atoms with Crippen molar-refractivity contribution < 1.29 is 4.79 Å². The monoisotopic (exact) mass is 361 g/mol. The molecule has 1 aromatic rings. The van der Waals surface area contributed by atoms with Crippen LogP contribution in [0.4, 0.5) is 0 Å². The van der Waals surface area contributed by atoms with Crippen LogP contribution in [0.3, 0.4) is 0 Å². The average molecular weight is 363 g/mol. The second kappa shape index (κ2) is 6.55. The molecule has 4 heteroatoms. The van der Waals surface area contributed by atoms with E-state index in [1.54, 1.807) is 0 Å². The fourth-order valence-corrected chi connectivity index (χ4v) is 2.97. The van der Waals surface area contributed by atoms with Crippen molar-refractivity contribution in [2.75, 3.05) is 0 Å². The van der Waals surface area contributed by atoms with Gasteiger partial charge in [0.15, 0.2) is 0 Å². The molecule has 2 nitrogen and oxygen atoms in total. The molecule has 1 aromatic carbocycles. The van der Waals surface area contributed by atoms with Gasteiger partial charge in [0.25, 0.3) is 5.91 Å². The van der Waals surface area contributed by atoms with Crippen molar-refractivity contribution in [1.82, 2.24) is 5.32 Å². The Balaban J connectivity index is 2.70. The van der Waals surface area contributed by atoms with Crippen molar-refractivity contribution >= 4 is 37.8 Å². The fourth-order valence-electron chi connectivity index (χ4n) is 1.74. The highest BCUT2D eigenvalue weighted by molar-refractivity contribution is 9.11. The minimum Gasteiger partial charge on any atom is -0.350 e. The predicted octanol–water partition coefficient (Wildman–Crippen LogP) is 4.38. The first kappa shape index (κ1) is 14.7. The molecule has 0 aromatic heterocycles. The summed E-state index contributed by atoms with van der Waals surface area (Å²) in [5.74, 6) is 0.552. The van der Waals surface area contributed by atoms with Crippen LogP contribution in [0.2, 0.25) is 0 Å². The van der Waals surface area contributed by atoms with Gasteiger partial charge in [-0.15, -0.1) is 0 Å². The molecular formula is C13H17Br2NO. The van der Waals surface area contributed by atoms with E-state index in [0.29, 0.717) is 11.5 Å². The highest BCUT2D eigenvalue weighted by Gasteiger charge is 2.13. The summed E-state index contributed by atoms with van der Waals surface area (Å²) in [4.78, 5) is 12.0. The van der Waals surface area contributed by atoms with Gasteiger partial charge < -0.3 is 5.32 Å². The molecule has 0 spiro atoms. The van der Waals surface area contributed by atoms with Crippen LogP contribution in [-0.2, 0) is 0 Å². The van der Waals surface area contributed by atoms with E-state index in [1.165, 1.54) is 0 Å². The molecule has 0 radical (unpaired) electrons. The minimum atomic E-state index is -0.0301. The third-order valence-corrected chi connectivity index (χ3v) is 3.53. The molecule has 1 rings (SSSR count). The first-order valence-electron chi connectivity index (χ1n) is 5.66. The summed E-state index contributed by atoms with van der Waals surface area (Å²) in [7, 11) is 0. The number of carbonyl (C=O) groups is 1. The van der Waals surface area contributed by atoms with Crippen LogP contribution in [0, 0.1) is 5.92 Å². The summed E-state index contributed by atoms with van der Waals surface area (Å²) in [5.41, 5.74) is 0.670. The molecule has 0 saturated carbocycles. The van der Waals surface area contributed by atoms with Crippen LogP contribution in [0.25, 0.3) is 0 Å².